The first-order valence-electron chi connectivity index (χ1n) is 9.53. The molecular weight excluding hydrogens is 448 g/mol. The van der Waals surface area contributed by atoms with E-state index in [0.29, 0.717) is 4.70 Å². The highest BCUT2D eigenvalue weighted by molar-refractivity contribution is 7.16. The molecule has 1 unspecified atom stereocenters. The van der Waals surface area contributed by atoms with Gasteiger partial charge >= 0.3 is 23.0 Å². The summed E-state index contributed by atoms with van der Waals surface area (Å²) in [4.78, 5) is 55.5. The number of rotatable bonds is 6. The third kappa shape index (κ3) is 5.13. The predicted octanol–water partition coefficient (Wildman–Crippen LogP) is 0.758. The van der Waals surface area contributed by atoms with Gasteiger partial charge in [0, 0.05) is 13.8 Å². The number of hydrogen-bond acceptors (Lipinski definition) is 13. The number of nitrogens with two attached hydrogens (primary N) is 1. The Kier molecular flexibility index (Phi) is 6.93. The first-order valence-corrected chi connectivity index (χ1v) is 10.3. The minimum atomic E-state index is -1.24. The summed E-state index contributed by atoms with van der Waals surface area (Å²) < 4.78 is 28.1. The zero-order valence-corrected chi connectivity index (χ0v) is 18.5. The largest absolute Gasteiger partial charge is 0.508 e. The van der Waals surface area contributed by atoms with Crippen molar-refractivity contribution in [2.75, 3.05) is 12.3 Å². The standard InChI is InChI=1S/C18H22N4O9S/c1-7(2)28-18(26)27-6-10-12(29-8(3)23)13(30-9(4)24)15(31-10)22-14-11(32-17(22)25)5-20-16(19)21-14/h5,7,10,12-13,15H,6H2,1-4H3,(H2,19,20,21)/t10?,12-,13+,15+/m0/s1. The van der Waals surface area contributed by atoms with Gasteiger partial charge in [-0.1, -0.05) is 11.3 Å². The fraction of sp³-hybridized carbons (Fsp3) is 0.556. The number of carbonyl (C=O) groups is 3. The maximum absolute atomic E-state index is 12.7. The molecule has 3 rings (SSSR count). The molecule has 0 saturated carbocycles. The first-order chi connectivity index (χ1) is 15.1. The molecule has 1 aliphatic heterocycles. The van der Waals surface area contributed by atoms with Crippen LogP contribution in [0.5, 0.6) is 0 Å². The molecule has 0 aromatic carbocycles. The quantitative estimate of drug-likeness (QED) is 0.465. The van der Waals surface area contributed by atoms with Gasteiger partial charge in [-0.25, -0.2) is 9.78 Å². The molecule has 0 bridgehead atoms. The normalized spacial score (nSPS) is 22.7. The van der Waals surface area contributed by atoms with E-state index in [-0.39, 0.29) is 11.6 Å². The smallest absolute Gasteiger partial charge is 0.455 e. The monoisotopic (exact) mass is 470 g/mol. The predicted molar refractivity (Wildman–Crippen MR) is 109 cm³/mol. The molecule has 13 nitrogen and oxygen atoms in total. The van der Waals surface area contributed by atoms with E-state index in [1.54, 1.807) is 13.8 Å². The van der Waals surface area contributed by atoms with Crippen LogP contribution >= 0.6 is 11.3 Å². The number of ether oxygens (including phenoxy) is 5. The van der Waals surface area contributed by atoms with Gasteiger partial charge in [0.15, 0.2) is 24.1 Å². The maximum Gasteiger partial charge on any atom is 0.508 e. The van der Waals surface area contributed by atoms with Gasteiger partial charge < -0.3 is 29.4 Å². The molecule has 1 fully saturated rings. The van der Waals surface area contributed by atoms with Crippen LogP contribution < -0.4 is 10.6 Å². The summed E-state index contributed by atoms with van der Waals surface area (Å²) in [7, 11) is 0. The van der Waals surface area contributed by atoms with E-state index < -0.39 is 60.2 Å². The zero-order chi connectivity index (χ0) is 23.6. The molecule has 2 aromatic heterocycles. The molecule has 14 heteroatoms. The summed E-state index contributed by atoms with van der Waals surface area (Å²) >= 11 is 0.830. The van der Waals surface area contributed by atoms with Crippen molar-refractivity contribution < 1.29 is 38.1 Å². The lowest BCUT2D eigenvalue weighted by Gasteiger charge is -2.23. The molecule has 32 heavy (non-hydrogen) atoms. The van der Waals surface area contributed by atoms with Crippen molar-refractivity contribution in [1.29, 1.82) is 0 Å². The number of thiazole rings is 1. The third-order valence-electron chi connectivity index (χ3n) is 4.22. The van der Waals surface area contributed by atoms with Gasteiger partial charge in [-0.15, -0.1) is 0 Å². The van der Waals surface area contributed by atoms with Crippen molar-refractivity contribution >= 4 is 45.7 Å². The lowest BCUT2D eigenvalue weighted by Crippen LogP contribution is -2.41. The Bertz CT molecular complexity index is 1080. The second-order valence-corrected chi connectivity index (χ2v) is 8.09. The second-order valence-electron chi connectivity index (χ2n) is 7.09. The van der Waals surface area contributed by atoms with E-state index in [4.69, 9.17) is 29.4 Å². The van der Waals surface area contributed by atoms with Crippen LogP contribution in [0.2, 0.25) is 0 Å². The molecule has 4 atom stereocenters. The van der Waals surface area contributed by atoms with E-state index in [2.05, 4.69) is 9.97 Å². The SMILES string of the molecule is CC(=O)O[C@H]1[C@H](n2c(=O)sc3cnc(N)nc32)OC(COC(=O)OC(C)C)[C@@H]1OC(C)=O. The average molecular weight is 470 g/mol. The van der Waals surface area contributed by atoms with E-state index >= 15 is 0 Å². The van der Waals surface area contributed by atoms with Gasteiger partial charge in [0.25, 0.3) is 0 Å². The van der Waals surface area contributed by atoms with Gasteiger partial charge in [-0.3, -0.25) is 19.0 Å². The van der Waals surface area contributed by atoms with Crippen LogP contribution in [-0.2, 0) is 33.3 Å². The molecule has 2 aromatic rings. The Labute approximate surface area is 185 Å². The Morgan fingerprint density at radius 1 is 1.22 bits per heavy atom. The van der Waals surface area contributed by atoms with Crippen molar-refractivity contribution in [3.8, 4) is 0 Å². The van der Waals surface area contributed by atoms with Crippen molar-refractivity contribution in [3.05, 3.63) is 15.9 Å². The van der Waals surface area contributed by atoms with Crippen molar-refractivity contribution in [2.45, 2.75) is 58.3 Å². The number of carbonyl (C=O) groups excluding carboxylic acids is 3. The van der Waals surface area contributed by atoms with Crippen LogP contribution in [0.25, 0.3) is 10.3 Å². The summed E-state index contributed by atoms with van der Waals surface area (Å²) in [5.74, 6) is -1.48. The lowest BCUT2D eigenvalue weighted by molar-refractivity contribution is -0.165. The molecule has 1 saturated heterocycles. The Morgan fingerprint density at radius 3 is 2.50 bits per heavy atom. The van der Waals surface area contributed by atoms with Gasteiger partial charge in [0.05, 0.1) is 17.0 Å². The fourth-order valence-corrected chi connectivity index (χ4v) is 3.97. The summed E-state index contributed by atoms with van der Waals surface area (Å²) in [5, 5.41) is 0. The van der Waals surface area contributed by atoms with E-state index in [1.807, 2.05) is 0 Å². The van der Waals surface area contributed by atoms with E-state index in [1.165, 1.54) is 6.20 Å². The lowest BCUT2D eigenvalue weighted by atomic mass is 10.1. The van der Waals surface area contributed by atoms with Crippen molar-refractivity contribution in [3.63, 3.8) is 0 Å². The summed E-state index contributed by atoms with van der Waals surface area (Å²) in [6.07, 6.45) is -4.74. The second kappa shape index (κ2) is 9.48. The summed E-state index contributed by atoms with van der Waals surface area (Å²) in [5.41, 5.74) is 5.81. The van der Waals surface area contributed by atoms with Crippen LogP contribution in [-0.4, -0.2) is 63.7 Å². The van der Waals surface area contributed by atoms with Crippen LogP contribution in [0.1, 0.15) is 33.9 Å². The minimum absolute atomic E-state index is 0.0843. The number of anilines is 1. The molecule has 174 valence electrons. The number of aromatic nitrogens is 3. The molecule has 3 heterocycles. The summed E-state index contributed by atoms with van der Waals surface area (Å²) in [6.45, 7) is 5.20. The fourth-order valence-electron chi connectivity index (χ4n) is 3.15. The molecule has 0 aliphatic carbocycles. The Morgan fingerprint density at radius 2 is 1.88 bits per heavy atom. The number of hydrogen-bond donors (Lipinski definition) is 1. The summed E-state index contributed by atoms with van der Waals surface area (Å²) in [6, 6.07) is 0. The van der Waals surface area contributed by atoms with Gasteiger partial charge in [-0.2, -0.15) is 4.98 Å². The Balaban J connectivity index is 1.99. The highest BCUT2D eigenvalue weighted by Crippen LogP contribution is 2.35. The maximum atomic E-state index is 12.7. The minimum Gasteiger partial charge on any atom is -0.455 e. The van der Waals surface area contributed by atoms with Crippen molar-refractivity contribution in [1.82, 2.24) is 14.5 Å². The third-order valence-corrected chi connectivity index (χ3v) is 5.10. The van der Waals surface area contributed by atoms with E-state index in [9.17, 15) is 19.2 Å². The average Bonchev–Trinajstić information content (AvgIpc) is 3.15. The Hall–Kier alpha value is -3.26. The zero-order valence-electron chi connectivity index (χ0n) is 17.7. The number of nitrogens with zero attached hydrogens (tertiary/aromatic N) is 3. The molecule has 0 radical (unpaired) electrons. The van der Waals surface area contributed by atoms with Crippen molar-refractivity contribution in [2.24, 2.45) is 0 Å². The van der Waals surface area contributed by atoms with Gasteiger partial charge in [0.2, 0.25) is 5.95 Å². The van der Waals surface area contributed by atoms with Crippen LogP contribution in [0.15, 0.2) is 11.0 Å². The molecule has 2 N–H and O–H groups in total. The molecular formula is C18H22N4O9S. The molecule has 1 aliphatic rings. The van der Waals surface area contributed by atoms with Crippen LogP contribution in [0.3, 0.4) is 0 Å². The number of esters is 2. The highest BCUT2D eigenvalue weighted by Gasteiger charge is 2.51. The van der Waals surface area contributed by atoms with Crippen LogP contribution in [0.4, 0.5) is 10.7 Å². The van der Waals surface area contributed by atoms with Gasteiger partial charge in [0.1, 0.15) is 12.7 Å². The van der Waals surface area contributed by atoms with E-state index in [0.717, 1.165) is 29.8 Å². The first kappa shape index (κ1) is 23.4. The topological polar surface area (TPSA) is 171 Å². The van der Waals surface area contributed by atoms with Crippen LogP contribution in [0, 0.1) is 0 Å². The number of nitrogen functional groups attached to an aromatic ring is 1. The van der Waals surface area contributed by atoms with Gasteiger partial charge in [-0.05, 0) is 13.8 Å². The molecule has 0 spiro atoms. The highest BCUT2D eigenvalue weighted by atomic mass is 32.1. The number of fused-ring (bicyclic) bond motifs is 1. The molecule has 0 amide bonds.